The van der Waals surface area contributed by atoms with Gasteiger partial charge in [0.15, 0.2) is 0 Å². The van der Waals surface area contributed by atoms with Gasteiger partial charge in [0.2, 0.25) is 0 Å². The Morgan fingerprint density at radius 2 is 1.12 bits per heavy atom. The van der Waals surface area contributed by atoms with Crippen LogP contribution >= 0.6 is 0 Å². The van der Waals surface area contributed by atoms with E-state index in [4.69, 9.17) is 9.47 Å². The van der Waals surface area contributed by atoms with E-state index in [1.807, 2.05) is 36.4 Å². The lowest BCUT2D eigenvalue weighted by Crippen LogP contribution is -2.06. The molecule has 0 saturated carbocycles. The second kappa shape index (κ2) is 9.18. The van der Waals surface area contributed by atoms with Gasteiger partial charge in [0.1, 0.15) is 11.5 Å². The third-order valence-corrected chi connectivity index (χ3v) is 3.96. The van der Waals surface area contributed by atoms with Crippen molar-refractivity contribution in [1.82, 2.24) is 0 Å². The average molecular weight is 354 g/mol. The number of ether oxygens (including phenoxy) is 2. The van der Waals surface area contributed by atoms with E-state index in [0.29, 0.717) is 11.5 Å². The zero-order valence-electron chi connectivity index (χ0n) is 15.9. The maximum Gasteiger partial charge on any atom is 0.308 e. The van der Waals surface area contributed by atoms with Gasteiger partial charge in [0.05, 0.1) is 0 Å². The summed E-state index contributed by atoms with van der Waals surface area (Å²) < 4.78 is 10.8. The molecule has 0 amide bonds. The molecule has 0 N–H and O–H groups in total. The molecule has 0 atom stereocenters. The van der Waals surface area contributed by atoms with Crippen molar-refractivity contribution < 1.29 is 19.1 Å². The number of carbonyl (C=O) groups is 2. The van der Waals surface area contributed by atoms with E-state index in [1.165, 1.54) is 13.8 Å². The molecule has 0 radical (unpaired) electrons. The molecule has 138 valence electrons. The molecule has 0 bridgehead atoms. The van der Waals surface area contributed by atoms with Gasteiger partial charge in [-0.15, -0.1) is 0 Å². The minimum Gasteiger partial charge on any atom is -0.426 e. The monoisotopic (exact) mass is 354 g/mol. The maximum absolute atomic E-state index is 11.5. The van der Waals surface area contributed by atoms with E-state index in [0.717, 1.165) is 47.9 Å². The highest BCUT2D eigenvalue weighted by Crippen LogP contribution is 2.38. The Hall–Kier alpha value is -2.62. The van der Waals surface area contributed by atoms with Gasteiger partial charge in [0, 0.05) is 25.0 Å². The molecule has 0 saturated heterocycles. The Balaban J connectivity index is 2.64. The predicted octanol–water partition coefficient (Wildman–Crippen LogP) is 5.11. The summed E-state index contributed by atoms with van der Waals surface area (Å²) in [4.78, 5) is 23.1. The summed E-state index contributed by atoms with van der Waals surface area (Å²) in [5, 5.41) is 0. The molecule has 26 heavy (non-hydrogen) atoms. The molecule has 0 fully saturated rings. The smallest absolute Gasteiger partial charge is 0.308 e. The van der Waals surface area contributed by atoms with E-state index in [9.17, 15) is 9.59 Å². The fourth-order valence-corrected chi connectivity index (χ4v) is 2.95. The number of esters is 2. The molecule has 0 aliphatic rings. The van der Waals surface area contributed by atoms with Gasteiger partial charge in [-0.1, -0.05) is 38.8 Å². The fraction of sp³-hybridized carbons (Fsp3) is 0.364. The van der Waals surface area contributed by atoms with Crippen LogP contribution in [0.3, 0.4) is 0 Å². The molecule has 4 nitrogen and oxygen atoms in total. The molecule has 0 unspecified atom stereocenters. The van der Waals surface area contributed by atoms with Gasteiger partial charge < -0.3 is 9.47 Å². The summed E-state index contributed by atoms with van der Waals surface area (Å²) in [5.74, 6) is 0.181. The summed E-state index contributed by atoms with van der Waals surface area (Å²) in [5.41, 5.74) is 3.82. The van der Waals surface area contributed by atoms with E-state index < -0.39 is 0 Å². The molecule has 4 heteroatoms. The molecule has 0 heterocycles. The molecule has 2 rings (SSSR count). The second-order valence-corrected chi connectivity index (χ2v) is 6.35. The van der Waals surface area contributed by atoms with Crippen molar-refractivity contribution in [3.8, 4) is 22.6 Å². The lowest BCUT2D eigenvalue weighted by Gasteiger charge is -2.16. The van der Waals surface area contributed by atoms with Crippen LogP contribution in [-0.2, 0) is 22.4 Å². The van der Waals surface area contributed by atoms with Crippen LogP contribution in [0.1, 0.15) is 51.7 Å². The average Bonchev–Trinajstić information content (AvgIpc) is 2.57. The number of benzene rings is 2. The van der Waals surface area contributed by atoms with Gasteiger partial charge in [-0.3, -0.25) is 9.59 Å². The maximum atomic E-state index is 11.5. The van der Waals surface area contributed by atoms with E-state index >= 15 is 0 Å². The quantitative estimate of drug-likeness (QED) is 0.512. The van der Waals surface area contributed by atoms with Crippen molar-refractivity contribution in [3.63, 3.8) is 0 Å². The molecule has 2 aromatic rings. The predicted molar refractivity (Wildman–Crippen MR) is 102 cm³/mol. The van der Waals surface area contributed by atoms with Crippen molar-refractivity contribution in [3.05, 3.63) is 47.5 Å². The third-order valence-electron chi connectivity index (χ3n) is 3.96. The second-order valence-electron chi connectivity index (χ2n) is 6.35. The van der Waals surface area contributed by atoms with Crippen molar-refractivity contribution >= 4 is 11.9 Å². The van der Waals surface area contributed by atoms with Crippen LogP contribution in [0.25, 0.3) is 11.1 Å². The van der Waals surface area contributed by atoms with Gasteiger partial charge in [-0.2, -0.15) is 0 Å². The zero-order chi connectivity index (χ0) is 19.1. The third kappa shape index (κ3) is 5.19. The molecule has 0 aliphatic heterocycles. The first kappa shape index (κ1) is 19.7. The number of aryl methyl sites for hydroxylation is 2. The first-order valence-corrected chi connectivity index (χ1v) is 9.07. The highest BCUT2D eigenvalue weighted by atomic mass is 16.5. The highest BCUT2D eigenvalue weighted by molar-refractivity contribution is 5.82. The number of rotatable bonds is 7. The number of hydrogen-bond donors (Lipinski definition) is 0. The van der Waals surface area contributed by atoms with Gasteiger partial charge in [0.25, 0.3) is 0 Å². The molecule has 0 aliphatic carbocycles. The number of carbonyl (C=O) groups excluding carboxylic acids is 2. The Bertz CT molecular complexity index is 725. The lowest BCUT2D eigenvalue weighted by molar-refractivity contribution is -0.132. The van der Waals surface area contributed by atoms with E-state index in [-0.39, 0.29) is 11.9 Å². The van der Waals surface area contributed by atoms with Crippen molar-refractivity contribution in [2.75, 3.05) is 0 Å². The van der Waals surface area contributed by atoms with Gasteiger partial charge in [-0.05, 0) is 48.2 Å². The molecule has 0 spiro atoms. The Morgan fingerprint density at radius 3 is 1.42 bits per heavy atom. The molecule has 2 aromatic carbocycles. The van der Waals surface area contributed by atoms with Crippen LogP contribution in [0.4, 0.5) is 0 Å². The summed E-state index contributed by atoms with van der Waals surface area (Å²) in [6.07, 6.45) is 3.87. The van der Waals surface area contributed by atoms with Crippen LogP contribution in [0.2, 0.25) is 0 Å². The summed E-state index contributed by atoms with van der Waals surface area (Å²) in [6, 6.07) is 11.6. The van der Waals surface area contributed by atoms with E-state index in [2.05, 4.69) is 13.8 Å². The molecular formula is C22H26O4. The minimum absolute atomic E-state index is 0.381. The van der Waals surface area contributed by atoms with Crippen LogP contribution in [0.15, 0.2) is 36.4 Å². The van der Waals surface area contributed by atoms with Crippen molar-refractivity contribution in [1.29, 1.82) is 0 Å². The highest BCUT2D eigenvalue weighted by Gasteiger charge is 2.16. The largest absolute Gasteiger partial charge is 0.426 e. The first-order chi connectivity index (χ1) is 12.4. The van der Waals surface area contributed by atoms with Gasteiger partial charge >= 0.3 is 11.9 Å². The number of hydrogen-bond acceptors (Lipinski definition) is 4. The fourth-order valence-electron chi connectivity index (χ4n) is 2.95. The Morgan fingerprint density at radius 1 is 0.731 bits per heavy atom. The van der Waals surface area contributed by atoms with Crippen LogP contribution in [0.5, 0.6) is 11.5 Å². The van der Waals surface area contributed by atoms with Crippen LogP contribution < -0.4 is 9.47 Å². The van der Waals surface area contributed by atoms with Crippen molar-refractivity contribution in [2.45, 2.75) is 53.4 Å². The van der Waals surface area contributed by atoms with Crippen molar-refractivity contribution in [2.24, 2.45) is 0 Å². The SMILES string of the molecule is CCCc1ccc(OC(C)=O)c(-c2cc(CCC)ccc2OC(C)=O)c1. The van der Waals surface area contributed by atoms with Gasteiger partial charge in [-0.25, -0.2) is 0 Å². The minimum atomic E-state index is -0.381. The first-order valence-electron chi connectivity index (χ1n) is 9.07. The summed E-state index contributed by atoms with van der Waals surface area (Å²) in [6.45, 7) is 6.99. The topological polar surface area (TPSA) is 52.6 Å². The Labute approximate surface area is 155 Å². The molecular weight excluding hydrogens is 328 g/mol. The standard InChI is InChI=1S/C22H26O4/c1-5-7-17-9-11-21(25-15(3)23)19(13-17)20-14-18(8-6-2)10-12-22(20)26-16(4)24/h9-14H,5-8H2,1-4H3. The summed E-state index contributed by atoms with van der Waals surface area (Å²) >= 11 is 0. The normalized spacial score (nSPS) is 10.5. The lowest BCUT2D eigenvalue weighted by atomic mass is 9.96. The van der Waals surface area contributed by atoms with E-state index in [1.54, 1.807) is 0 Å². The Kier molecular flexibility index (Phi) is 6.96. The zero-order valence-corrected chi connectivity index (χ0v) is 15.9. The summed E-state index contributed by atoms with van der Waals surface area (Å²) in [7, 11) is 0. The van der Waals surface area contributed by atoms with Crippen LogP contribution in [-0.4, -0.2) is 11.9 Å². The van der Waals surface area contributed by atoms with Crippen LogP contribution in [0, 0.1) is 0 Å². The molecule has 0 aromatic heterocycles.